The van der Waals surface area contributed by atoms with Crippen LogP contribution in [0, 0.1) is 0 Å². The first-order valence-electron chi connectivity index (χ1n) is 7.58. The molecule has 0 bridgehead atoms. The van der Waals surface area contributed by atoms with Gasteiger partial charge in [-0.15, -0.1) is 0 Å². The summed E-state index contributed by atoms with van der Waals surface area (Å²) < 4.78 is 1.70. The van der Waals surface area contributed by atoms with Crippen molar-refractivity contribution in [1.29, 1.82) is 0 Å². The fourth-order valence-corrected chi connectivity index (χ4v) is 4.04. The highest BCUT2D eigenvalue weighted by Gasteiger charge is 2.37. The van der Waals surface area contributed by atoms with Crippen LogP contribution in [0.25, 0.3) is 0 Å². The second-order valence-electron chi connectivity index (χ2n) is 5.79. The van der Waals surface area contributed by atoms with E-state index in [1.165, 1.54) is 6.07 Å². The van der Waals surface area contributed by atoms with Crippen molar-refractivity contribution in [3.8, 4) is 0 Å². The van der Waals surface area contributed by atoms with Crippen LogP contribution in [-0.2, 0) is 18.8 Å². The minimum Gasteiger partial charge on any atom is -0.392 e. The lowest BCUT2D eigenvalue weighted by molar-refractivity contribution is 0.0590. The summed E-state index contributed by atoms with van der Waals surface area (Å²) in [6.45, 7) is -0.291. The number of aliphatic hydroxyl groups excluding tert-OH is 1. The summed E-state index contributed by atoms with van der Waals surface area (Å²) in [6.07, 6.45) is 4.88. The third kappa shape index (κ3) is 3.72. The van der Waals surface area contributed by atoms with E-state index in [-0.39, 0.29) is 23.2 Å². The maximum atomic E-state index is 11.8. The Morgan fingerprint density at radius 1 is 0.962 bits per heavy atom. The Balaban J connectivity index is 2.28. The van der Waals surface area contributed by atoms with Gasteiger partial charge in [0, 0.05) is 43.6 Å². The highest BCUT2D eigenvalue weighted by Crippen LogP contribution is 2.41. The molecule has 2 aromatic carbocycles. The third-order valence-corrected chi connectivity index (χ3v) is 5.21. The highest BCUT2D eigenvalue weighted by atomic mass is 35.5. The van der Waals surface area contributed by atoms with E-state index in [2.05, 4.69) is 4.98 Å². The topological polar surface area (TPSA) is 58.3 Å². The molecule has 0 aliphatic carbocycles. The monoisotopic (exact) mass is 430 g/mol. The molecule has 0 radical (unpaired) electrons. The van der Waals surface area contributed by atoms with Crippen LogP contribution in [0.1, 0.15) is 16.7 Å². The quantitative estimate of drug-likeness (QED) is 0.602. The van der Waals surface area contributed by atoms with E-state index < -0.39 is 5.60 Å². The molecule has 1 atom stereocenters. The minimum absolute atomic E-state index is 0.0814. The number of rotatable bonds is 5. The molecule has 0 aliphatic heterocycles. The fraction of sp³-hybridized carbons (Fsp3) is 0.167. The Labute approximate surface area is 170 Å². The van der Waals surface area contributed by atoms with E-state index in [4.69, 9.17) is 46.4 Å². The lowest BCUT2D eigenvalue weighted by Crippen LogP contribution is -2.34. The number of benzene rings is 2. The van der Waals surface area contributed by atoms with Gasteiger partial charge in [-0.05, 0) is 29.8 Å². The van der Waals surface area contributed by atoms with Crippen molar-refractivity contribution >= 4 is 46.4 Å². The molecule has 0 aliphatic rings. The third-order valence-electron chi connectivity index (χ3n) is 4.11. The van der Waals surface area contributed by atoms with Crippen LogP contribution in [0.3, 0.4) is 0 Å². The van der Waals surface area contributed by atoms with Gasteiger partial charge in [0.2, 0.25) is 0 Å². The Kier molecular flexibility index (Phi) is 5.82. The van der Waals surface area contributed by atoms with Crippen molar-refractivity contribution < 1.29 is 10.2 Å². The van der Waals surface area contributed by atoms with E-state index in [0.29, 0.717) is 26.7 Å². The summed E-state index contributed by atoms with van der Waals surface area (Å²) in [6, 6.07) is 7.90. The predicted molar refractivity (Wildman–Crippen MR) is 104 cm³/mol. The SMILES string of the molecule is OCc1c(Cl)cc(Cl)cc1C(O)(Cn1ccnc1)c1ccc(Cl)cc1Cl. The summed E-state index contributed by atoms with van der Waals surface area (Å²) in [5.74, 6) is 0. The van der Waals surface area contributed by atoms with Gasteiger partial charge < -0.3 is 14.8 Å². The van der Waals surface area contributed by atoms with Crippen molar-refractivity contribution in [2.24, 2.45) is 0 Å². The van der Waals surface area contributed by atoms with E-state index in [9.17, 15) is 10.2 Å². The molecule has 4 nitrogen and oxygen atoms in total. The van der Waals surface area contributed by atoms with E-state index in [1.54, 1.807) is 47.6 Å². The zero-order valence-electron chi connectivity index (χ0n) is 13.3. The second kappa shape index (κ2) is 7.77. The molecule has 0 saturated heterocycles. The van der Waals surface area contributed by atoms with Crippen LogP contribution in [0.5, 0.6) is 0 Å². The minimum atomic E-state index is -1.63. The molecule has 0 amide bonds. The Morgan fingerprint density at radius 3 is 2.31 bits per heavy atom. The molecule has 26 heavy (non-hydrogen) atoms. The molecule has 3 rings (SSSR count). The molecule has 0 spiro atoms. The van der Waals surface area contributed by atoms with Gasteiger partial charge in [-0.25, -0.2) is 4.98 Å². The predicted octanol–water partition coefficient (Wildman–Crippen LogP) is 4.93. The van der Waals surface area contributed by atoms with Gasteiger partial charge in [-0.3, -0.25) is 0 Å². The van der Waals surface area contributed by atoms with Gasteiger partial charge in [0.25, 0.3) is 0 Å². The van der Waals surface area contributed by atoms with Crippen molar-refractivity contribution in [3.63, 3.8) is 0 Å². The van der Waals surface area contributed by atoms with Crippen LogP contribution < -0.4 is 0 Å². The summed E-state index contributed by atoms with van der Waals surface area (Å²) in [5, 5.41) is 22.9. The average Bonchev–Trinajstić information content (AvgIpc) is 3.06. The Hall–Kier alpha value is -1.27. The molecule has 3 aromatic rings. The molecular weight excluding hydrogens is 418 g/mol. The van der Waals surface area contributed by atoms with Crippen LogP contribution >= 0.6 is 46.4 Å². The molecule has 1 heterocycles. The Morgan fingerprint density at radius 2 is 1.69 bits per heavy atom. The number of aliphatic hydroxyl groups is 2. The van der Waals surface area contributed by atoms with Crippen LogP contribution in [0.4, 0.5) is 0 Å². The largest absolute Gasteiger partial charge is 0.392 e. The number of hydrogen-bond donors (Lipinski definition) is 2. The lowest BCUT2D eigenvalue weighted by Gasteiger charge is -2.32. The molecule has 8 heteroatoms. The van der Waals surface area contributed by atoms with E-state index in [1.807, 2.05) is 0 Å². The van der Waals surface area contributed by atoms with Crippen LogP contribution in [0.2, 0.25) is 20.1 Å². The van der Waals surface area contributed by atoms with Gasteiger partial charge in [-0.2, -0.15) is 0 Å². The summed E-state index contributed by atoms with van der Waals surface area (Å²) in [7, 11) is 0. The first-order chi connectivity index (χ1) is 12.3. The summed E-state index contributed by atoms with van der Waals surface area (Å²) >= 11 is 24.8. The van der Waals surface area contributed by atoms with Gasteiger partial charge in [0.05, 0.1) is 19.5 Å². The zero-order valence-corrected chi connectivity index (χ0v) is 16.4. The molecule has 0 fully saturated rings. The molecule has 0 saturated carbocycles. The van der Waals surface area contributed by atoms with E-state index in [0.717, 1.165) is 0 Å². The number of hydrogen-bond acceptors (Lipinski definition) is 3. The smallest absolute Gasteiger partial charge is 0.134 e. The summed E-state index contributed by atoms with van der Waals surface area (Å²) in [5.41, 5.74) is -0.500. The summed E-state index contributed by atoms with van der Waals surface area (Å²) in [4.78, 5) is 4.00. The van der Waals surface area contributed by atoms with Crippen LogP contribution in [0.15, 0.2) is 49.1 Å². The number of nitrogens with zero attached hydrogens (tertiary/aromatic N) is 2. The lowest BCUT2D eigenvalue weighted by atomic mass is 9.83. The van der Waals surface area contributed by atoms with Gasteiger partial charge in [0.1, 0.15) is 5.60 Å². The van der Waals surface area contributed by atoms with Crippen molar-refractivity contribution in [2.45, 2.75) is 18.8 Å². The molecule has 1 aromatic heterocycles. The standard InChI is InChI=1S/C18H14Cl4N2O2/c19-11-1-2-14(17(22)6-11)18(26,9-24-4-3-23-10-24)15-5-12(20)7-16(21)13(15)8-25/h1-7,10,25-26H,8-9H2. The number of halogens is 4. The Bertz CT molecular complexity index is 931. The highest BCUT2D eigenvalue weighted by molar-refractivity contribution is 6.36. The van der Waals surface area contributed by atoms with E-state index >= 15 is 0 Å². The molecular formula is C18H14Cl4N2O2. The normalized spacial score (nSPS) is 13.6. The maximum Gasteiger partial charge on any atom is 0.134 e. The van der Waals surface area contributed by atoms with Crippen molar-refractivity contribution in [1.82, 2.24) is 9.55 Å². The van der Waals surface area contributed by atoms with Crippen LogP contribution in [-0.4, -0.2) is 19.8 Å². The van der Waals surface area contributed by atoms with Crippen molar-refractivity contribution in [2.75, 3.05) is 0 Å². The second-order valence-corrected chi connectivity index (χ2v) is 7.48. The maximum absolute atomic E-state index is 11.8. The van der Waals surface area contributed by atoms with Gasteiger partial charge in [-0.1, -0.05) is 52.5 Å². The zero-order chi connectivity index (χ0) is 18.9. The molecule has 2 N–H and O–H groups in total. The average molecular weight is 432 g/mol. The molecule has 136 valence electrons. The van der Waals surface area contributed by atoms with Gasteiger partial charge in [0.15, 0.2) is 0 Å². The number of aromatic nitrogens is 2. The van der Waals surface area contributed by atoms with Crippen molar-refractivity contribution in [3.05, 3.63) is 85.8 Å². The fourth-order valence-electron chi connectivity index (χ4n) is 2.92. The molecule has 1 unspecified atom stereocenters. The van der Waals surface area contributed by atoms with Gasteiger partial charge >= 0.3 is 0 Å². The number of imidazole rings is 1. The first-order valence-corrected chi connectivity index (χ1v) is 9.09. The first kappa shape index (κ1) is 19.5.